The molecule has 0 saturated carbocycles. The first-order valence-corrected chi connectivity index (χ1v) is 2.37. The van der Waals surface area contributed by atoms with Crippen LogP contribution in [-0.2, 0) is 4.79 Å². The van der Waals surface area contributed by atoms with Crippen LogP contribution in [0.3, 0.4) is 0 Å². The van der Waals surface area contributed by atoms with E-state index in [0.29, 0.717) is 0 Å². The maximum atomic E-state index is 9.71. The molecule has 0 aliphatic heterocycles. The molecule has 0 fully saturated rings. The zero-order valence-corrected chi connectivity index (χ0v) is 4.80. The third-order valence-corrected chi connectivity index (χ3v) is 0.568. The van der Waals surface area contributed by atoms with Crippen molar-refractivity contribution < 1.29 is 9.90 Å². The summed E-state index contributed by atoms with van der Waals surface area (Å²) in [5.74, 6) is -0.972. The van der Waals surface area contributed by atoms with Gasteiger partial charge in [0.05, 0.1) is 0 Å². The van der Waals surface area contributed by atoms with Crippen molar-refractivity contribution in [2.45, 2.75) is 0 Å². The van der Waals surface area contributed by atoms with Crippen molar-refractivity contribution in [3.8, 4) is 0 Å². The standard InChI is InChI=1S/C5H5ClO2/c6-4-2-1-3-5(7)8/h1-4H,(H,7,8). The second-order valence-electron chi connectivity index (χ2n) is 1.02. The molecule has 0 saturated heterocycles. The van der Waals surface area contributed by atoms with Crippen LogP contribution in [0.15, 0.2) is 23.8 Å². The van der Waals surface area contributed by atoms with Crippen LogP contribution in [-0.4, -0.2) is 11.1 Å². The second kappa shape index (κ2) is 4.40. The number of carboxylic acid groups (broad SMARTS) is 1. The molecule has 0 aromatic carbocycles. The van der Waals surface area contributed by atoms with Crippen LogP contribution in [0.25, 0.3) is 0 Å². The lowest BCUT2D eigenvalue weighted by molar-refractivity contribution is -0.131. The van der Waals surface area contributed by atoms with E-state index in [1.54, 1.807) is 0 Å². The molecule has 0 aliphatic carbocycles. The van der Waals surface area contributed by atoms with Crippen molar-refractivity contribution >= 4 is 17.6 Å². The summed E-state index contributed by atoms with van der Waals surface area (Å²) in [6.45, 7) is 0. The fraction of sp³-hybridized carbons (Fsp3) is 0. The minimum Gasteiger partial charge on any atom is -0.478 e. The van der Waals surface area contributed by atoms with Crippen LogP contribution >= 0.6 is 11.6 Å². The monoisotopic (exact) mass is 132 g/mol. The zero-order chi connectivity index (χ0) is 6.41. The Morgan fingerprint density at radius 3 is 2.50 bits per heavy atom. The number of hydrogen-bond donors (Lipinski definition) is 1. The summed E-state index contributed by atoms with van der Waals surface area (Å²) in [5, 5.41) is 7.98. The van der Waals surface area contributed by atoms with Crippen molar-refractivity contribution in [3.63, 3.8) is 0 Å². The first kappa shape index (κ1) is 7.24. The molecule has 3 heteroatoms. The van der Waals surface area contributed by atoms with Crippen molar-refractivity contribution in [1.29, 1.82) is 0 Å². The molecule has 0 amide bonds. The molecule has 0 radical (unpaired) electrons. The van der Waals surface area contributed by atoms with E-state index in [0.717, 1.165) is 6.08 Å². The van der Waals surface area contributed by atoms with Crippen molar-refractivity contribution in [1.82, 2.24) is 0 Å². The first-order chi connectivity index (χ1) is 3.77. The number of halogens is 1. The van der Waals surface area contributed by atoms with Gasteiger partial charge in [-0.2, -0.15) is 0 Å². The highest BCUT2D eigenvalue weighted by Crippen LogP contribution is 1.79. The highest BCUT2D eigenvalue weighted by Gasteiger charge is 1.78. The Hall–Kier alpha value is -0.760. The van der Waals surface area contributed by atoms with Gasteiger partial charge in [-0.05, 0) is 0 Å². The molecule has 8 heavy (non-hydrogen) atoms. The average Bonchev–Trinajstić information content (AvgIpc) is 1.66. The molecule has 0 aliphatic rings. The number of carbonyl (C=O) groups is 1. The Morgan fingerprint density at radius 2 is 2.12 bits per heavy atom. The number of allylic oxidation sites excluding steroid dienone is 2. The Kier molecular flexibility index (Phi) is 3.98. The smallest absolute Gasteiger partial charge is 0.328 e. The molecule has 0 unspecified atom stereocenters. The van der Waals surface area contributed by atoms with Gasteiger partial charge in [0.25, 0.3) is 0 Å². The van der Waals surface area contributed by atoms with E-state index in [1.165, 1.54) is 17.7 Å². The molecule has 0 aromatic heterocycles. The number of aliphatic carboxylic acids is 1. The zero-order valence-electron chi connectivity index (χ0n) is 4.04. The molecule has 0 atom stereocenters. The predicted octanol–water partition coefficient (Wildman–Crippen LogP) is 1.38. The van der Waals surface area contributed by atoms with Crippen molar-refractivity contribution in [2.75, 3.05) is 0 Å². The highest BCUT2D eigenvalue weighted by molar-refractivity contribution is 6.25. The largest absolute Gasteiger partial charge is 0.478 e. The minimum atomic E-state index is -0.972. The summed E-state index contributed by atoms with van der Waals surface area (Å²) in [4.78, 5) is 9.71. The van der Waals surface area contributed by atoms with Gasteiger partial charge in [-0.3, -0.25) is 0 Å². The molecule has 0 bridgehead atoms. The van der Waals surface area contributed by atoms with Crippen LogP contribution in [0.5, 0.6) is 0 Å². The Labute approximate surface area is 52.1 Å². The summed E-state index contributed by atoms with van der Waals surface area (Å²) in [6.07, 6.45) is 3.77. The van der Waals surface area contributed by atoms with Gasteiger partial charge in [0.15, 0.2) is 0 Å². The molecule has 0 spiro atoms. The van der Waals surface area contributed by atoms with Gasteiger partial charge in [-0.1, -0.05) is 23.8 Å². The fourth-order valence-corrected chi connectivity index (χ4v) is 0.264. The minimum absolute atomic E-state index is 0.972. The molecule has 0 rings (SSSR count). The van der Waals surface area contributed by atoms with Crippen LogP contribution < -0.4 is 0 Å². The van der Waals surface area contributed by atoms with Gasteiger partial charge < -0.3 is 5.11 Å². The van der Waals surface area contributed by atoms with Crippen LogP contribution in [0.1, 0.15) is 0 Å². The molecular formula is C5H5ClO2. The molecule has 0 heterocycles. The van der Waals surface area contributed by atoms with Gasteiger partial charge in [0.2, 0.25) is 0 Å². The number of rotatable bonds is 2. The lowest BCUT2D eigenvalue weighted by atomic mass is 10.5. The average molecular weight is 133 g/mol. The molecule has 1 N–H and O–H groups in total. The SMILES string of the molecule is O=C(O)C=CC=CCl. The maximum Gasteiger partial charge on any atom is 0.328 e. The molecule has 2 nitrogen and oxygen atoms in total. The summed E-state index contributed by atoms with van der Waals surface area (Å²) >= 11 is 5.06. The normalized spacial score (nSPS) is 11.1. The molecular weight excluding hydrogens is 128 g/mol. The van der Waals surface area contributed by atoms with E-state index >= 15 is 0 Å². The van der Waals surface area contributed by atoms with Gasteiger partial charge in [0.1, 0.15) is 0 Å². The van der Waals surface area contributed by atoms with E-state index in [4.69, 9.17) is 16.7 Å². The van der Waals surface area contributed by atoms with E-state index in [9.17, 15) is 4.79 Å². The highest BCUT2D eigenvalue weighted by atomic mass is 35.5. The van der Waals surface area contributed by atoms with E-state index in [-0.39, 0.29) is 0 Å². The lowest BCUT2D eigenvalue weighted by Gasteiger charge is -1.71. The maximum absolute atomic E-state index is 9.71. The number of carboxylic acids is 1. The predicted molar refractivity (Wildman–Crippen MR) is 31.8 cm³/mol. The fourth-order valence-electron chi connectivity index (χ4n) is 0.180. The molecule has 0 aromatic rings. The van der Waals surface area contributed by atoms with E-state index in [2.05, 4.69) is 0 Å². The van der Waals surface area contributed by atoms with Gasteiger partial charge in [0, 0.05) is 11.6 Å². The third-order valence-electron chi connectivity index (χ3n) is 0.423. The van der Waals surface area contributed by atoms with Crippen LogP contribution in [0.2, 0.25) is 0 Å². The topological polar surface area (TPSA) is 37.3 Å². The van der Waals surface area contributed by atoms with E-state index < -0.39 is 5.97 Å². The van der Waals surface area contributed by atoms with Gasteiger partial charge in [-0.25, -0.2) is 4.79 Å². The molecule has 44 valence electrons. The second-order valence-corrected chi connectivity index (χ2v) is 1.27. The van der Waals surface area contributed by atoms with Gasteiger partial charge in [-0.15, -0.1) is 0 Å². The lowest BCUT2D eigenvalue weighted by Crippen LogP contribution is -1.83. The van der Waals surface area contributed by atoms with Gasteiger partial charge >= 0.3 is 5.97 Å². The van der Waals surface area contributed by atoms with E-state index in [1.807, 2.05) is 0 Å². The summed E-state index contributed by atoms with van der Waals surface area (Å²) < 4.78 is 0. The van der Waals surface area contributed by atoms with Crippen LogP contribution in [0, 0.1) is 0 Å². The quantitative estimate of drug-likeness (QED) is 0.455. The van der Waals surface area contributed by atoms with Crippen LogP contribution in [0.4, 0.5) is 0 Å². The summed E-state index contributed by atoms with van der Waals surface area (Å²) in [7, 11) is 0. The Balaban J connectivity index is 3.50. The Morgan fingerprint density at radius 1 is 1.50 bits per heavy atom. The number of hydrogen-bond acceptors (Lipinski definition) is 1. The third kappa shape index (κ3) is 5.24. The Bertz CT molecular complexity index is 126. The van der Waals surface area contributed by atoms with Crippen molar-refractivity contribution in [2.24, 2.45) is 0 Å². The van der Waals surface area contributed by atoms with Crippen molar-refractivity contribution in [3.05, 3.63) is 23.8 Å². The first-order valence-electron chi connectivity index (χ1n) is 1.93. The summed E-state index contributed by atoms with van der Waals surface area (Å²) in [6, 6.07) is 0. The summed E-state index contributed by atoms with van der Waals surface area (Å²) in [5.41, 5.74) is 1.24.